The zero-order valence-corrected chi connectivity index (χ0v) is 5.76. The lowest BCUT2D eigenvalue weighted by atomic mass is 10.1. The third-order valence-corrected chi connectivity index (χ3v) is 0.975. The van der Waals surface area contributed by atoms with Crippen molar-refractivity contribution >= 4 is 5.97 Å². The van der Waals surface area contributed by atoms with Gasteiger partial charge in [-0.25, -0.2) is 4.79 Å². The standard InChI is InChI=1S/C8H13NO2/c1-9-5-3-7(4-6-9)8(10)11-2/h3H,4-6H2,1-2H3/i1D3,3D,4D2,5D2,6D2. The summed E-state index contributed by atoms with van der Waals surface area (Å²) in [5.41, 5.74) is -1.18. The number of carbonyl (C=O) groups is 1. The number of likely N-dealkylation sites (N-methyl/N-ethyl adjacent to an activating group) is 1. The first-order chi connectivity index (χ1) is 9.13. The Morgan fingerprint density at radius 3 is 3.55 bits per heavy atom. The van der Waals surface area contributed by atoms with Gasteiger partial charge in [-0.1, -0.05) is 6.05 Å². The van der Waals surface area contributed by atoms with E-state index in [1.54, 1.807) is 0 Å². The van der Waals surface area contributed by atoms with E-state index < -0.39 is 43.9 Å². The van der Waals surface area contributed by atoms with Crippen LogP contribution in [-0.2, 0) is 9.53 Å². The summed E-state index contributed by atoms with van der Waals surface area (Å²) >= 11 is 0. The third-order valence-electron chi connectivity index (χ3n) is 0.975. The second-order valence-corrected chi connectivity index (χ2v) is 1.68. The minimum atomic E-state index is -3.41. The van der Waals surface area contributed by atoms with Crippen LogP contribution in [0.2, 0.25) is 0 Å². The number of ether oxygens (including phenoxy) is 1. The van der Waals surface area contributed by atoms with Gasteiger partial charge in [-0.15, -0.1) is 0 Å². The maximum Gasteiger partial charge on any atom is 0.333 e. The predicted molar refractivity (Wildman–Crippen MR) is 42.2 cm³/mol. The van der Waals surface area contributed by atoms with E-state index in [2.05, 4.69) is 4.74 Å². The fourth-order valence-electron chi connectivity index (χ4n) is 0.487. The first-order valence-corrected chi connectivity index (χ1v) is 2.74. The first-order valence-electron chi connectivity index (χ1n) is 7.74. The third kappa shape index (κ3) is 2.05. The topological polar surface area (TPSA) is 29.5 Å². The van der Waals surface area contributed by atoms with Crippen molar-refractivity contribution in [2.24, 2.45) is 0 Å². The highest BCUT2D eigenvalue weighted by Crippen LogP contribution is 2.09. The van der Waals surface area contributed by atoms with E-state index in [4.69, 9.17) is 13.7 Å². The van der Waals surface area contributed by atoms with Crippen LogP contribution < -0.4 is 0 Å². The van der Waals surface area contributed by atoms with E-state index in [9.17, 15) is 4.79 Å². The van der Waals surface area contributed by atoms with Crippen LogP contribution in [0.15, 0.2) is 11.6 Å². The molecule has 0 radical (unpaired) electrons. The number of esters is 1. The second-order valence-electron chi connectivity index (χ2n) is 1.68. The van der Waals surface area contributed by atoms with E-state index in [1.807, 2.05) is 0 Å². The Bertz CT molecular complexity index is 494. The zero-order chi connectivity index (χ0) is 17.0. The lowest BCUT2D eigenvalue weighted by Crippen LogP contribution is -2.26. The number of hydrogen-bond donors (Lipinski definition) is 0. The van der Waals surface area contributed by atoms with Gasteiger partial charge >= 0.3 is 5.97 Å². The van der Waals surface area contributed by atoms with Crippen molar-refractivity contribution in [3.8, 4) is 0 Å². The summed E-state index contributed by atoms with van der Waals surface area (Å²) < 4.78 is 79.5. The largest absolute Gasteiger partial charge is 0.466 e. The van der Waals surface area contributed by atoms with E-state index in [0.29, 0.717) is 0 Å². The Labute approximate surface area is 80.7 Å². The molecule has 0 amide bonds. The molecule has 1 rings (SSSR count). The minimum absolute atomic E-state index is 0.359. The number of hydrogen-bond acceptors (Lipinski definition) is 3. The fourth-order valence-corrected chi connectivity index (χ4v) is 0.487. The van der Waals surface area contributed by atoms with Crippen molar-refractivity contribution < 1.29 is 23.2 Å². The molecule has 0 atom stereocenters. The molecular formula is C8H13NO2. The Morgan fingerprint density at radius 1 is 2.09 bits per heavy atom. The van der Waals surface area contributed by atoms with Crippen molar-refractivity contribution in [3.05, 3.63) is 11.6 Å². The molecule has 0 spiro atoms. The number of methoxy groups -OCH3 is 1. The quantitative estimate of drug-likeness (QED) is 0.527. The van der Waals surface area contributed by atoms with Crippen LogP contribution >= 0.6 is 0 Å². The van der Waals surface area contributed by atoms with Crippen molar-refractivity contribution in [2.45, 2.75) is 6.37 Å². The normalized spacial score (nSPS) is 48.5. The SMILES string of the molecule is [2H]C1=C(C(=O)OC)C([2H])([2H])C([2H])([2H])N(C([2H])([2H])[2H])C1([2H])[2H]. The molecule has 3 heteroatoms. The van der Waals surface area contributed by atoms with Gasteiger partial charge < -0.3 is 9.64 Å². The first kappa shape index (κ1) is 2.10. The molecule has 0 saturated carbocycles. The predicted octanol–water partition coefficient (Wildman–Crippen LogP) is 0.421. The van der Waals surface area contributed by atoms with Crippen LogP contribution in [0, 0.1) is 0 Å². The molecule has 1 heterocycles. The monoisotopic (exact) mass is 165 g/mol. The van der Waals surface area contributed by atoms with E-state index in [-0.39, 0.29) is 4.90 Å². The minimum Gasteiger partial charge on any atom is -0.466 e. The molecular weight excluding hydrogens is 142 g/mol. The van der Waals surface area contributed by atoms with Gasteiger partial charge in [0, 0.05) is 30.9 Å². The Balaban J connectivity index is 3.77. The Hall–Kier alpha value is -0.830. The highest BCUT2D eigenvalue weighted by molar-refractivity contribution is 5.88. The van der Waals surface area contributed by atoms with E-state index >= 15 is 0 Å². The summed E-state index contributed by atoms with van der Waals surface area (Å²) in [6.45, 7) is -9.99. The molecule has 0 aliphatic carbocycles. The zero-order valence-electron chi connectivity index (χ0n) is 15.8. The van der Waals surface area contributed by atoms with Gasteiger partial charge in [0.15, 0.2) is 0 Å². The molecule has 11 heavy (non-hydrogen) atoms. The van der Waals surface area contributed by atoms with Gasteiger partial charge in [-0.2, -0.15) is 0 Å². The molecule has 0 aromatic heterocycles. The Kier molecular flexibility index (Phi) is 0.674. The van der Waals surface area contributed by atoms with Crippen molar-refractivity contribution in [1.82, 2.24) is 4.90 Å². The summed E-state index contributed by atoms with van der Waals surface area (Å²) in [4.78, 5) is 11.2. The van der Waals surface area contributed by atoms with Gasteiger partial charge in [0.2, 0.25) is 0 Å². The highest BCUT2D eigenvalue weighted by atomic mass is 16.5. The molecule has 0 fully saturated rings. The van der Waals surface area contributed by atoms with Crippen molar-refractivity contribution in [3.63, 3.8) is 0 Å². The molecule has 0 aromatic carbocycles. The van der Waals surface area contributed by atoms with Crippen LogP contribution in [0.25, 0.3) is 0 Å². The van der Waals surface area contributed by atoms with Crippen molar-refractivity contribution in [2.75, 3.05) is 27.1 Å². The summed E-state index contributed by atoms with van der Waals surface area (Å²) in [7, 11) is 0.861. The molecule has 0 unspecified atom stereocenters. The number of nitrogens with zero attached hydrogens (tertiary/aromatic N) is 1. The lowest BCUT2D eigenvalue weighted by molar-refractivity contribution is -0.136. The van der Waals surface area contributed by atoms with Crippen LogP contribution in [-0.4, -0.2) is 37.9 Å². The van der Waals surface area contributed by atoms with Crippen LogP contribution in [0.3, 0.4) is 0 Å². The highest BCUT2D eigenvalue weighted by Gasteiger charge is 2.13. The van der Waals surface area contributed by atoms with Gasteiger partial charge in [0.1, 0.15) is 0 Å². The maximum absolute atomic E-state index is 11.6. The van der Waals surface area contributed by atoms with Crippen LogP contribution in [0.1, 0.15) is 20.1 Å². The van der Waals surface area contributed by atoms with Gasteiger partial charge in [0.05, 0.1) is 8.48 Å². The van der Waals surface area contributed by atoms with Gasteiger partial charge in [0.25, 0.3) is 0 Å². The summed E-state index contributed by atoms with van der Waals surface area (Å²) in [6.07, 6.45) is -3.25. The van der Waals surface area contributed by atoms with Crippen LogP contribution in [0.4, 0.5) is 0 Å². The number of rotatable bonds is 1. The molecule has 0 saturated heterocycles. The molecule has 3 nitrogen and oxygen atoms in total. The molecule has 1 aliphatic rings. The molecule has 0 bridgehead atoms. The van der Waals surface area contributed by atoms with E-state index in [0.717, 1.165) is 7.11 Å². The summed E-state index contributed by atoms with van der Waals surface area (Å²) in [6, 6.07) is -1.29. The van der Waals surface area contributed by atoms with Crippen LogP contribution in [0.5, 0.6) is 0 Å². The average Bonchev–Trinajstić information content (AvgIpc) is 2.23. The maximum atomic E-state index is 11.6. The molecule has 0 N–H and O–H groups in total. The fraction of sp³-hybridized carbons (Fsp3) is 0.625. The average molecular weight is 165 g/mol. The summed E-state index contributed by atoms with van der Waals surface area (Å²) in [5.74, 6) is -1.43. The lowest BCUT2D eigenvalue weighted by Gasteiger charge is -2.20. The molecule has 0 aromatic rings. The van der Waals surface area contributed by atoms with Gasteiger partial charge in [-0.3, -0.25) is 0 Å². The van der Waals surface area contributed by atoms with E-state index in [1.165, 1.54) is 0 Å². The van der Waals surface area contributed by atoms with Crippen molar-refractivity contribution in [1.29, 1.82) is 0 Å². The Morgan fingerprint density at radius 2 is 2.91 bits per heavy atom. The second kappa shape index (κ2) is 3.53. The summed E-state index contributed by atoms with van der Waals surface area (Å²) in [5, 5.41) is 0. The smallest absolute Gasteiger partial charge is 0.333 e. The molecule has 62 valence electrons. The van der Waals surface area contributed by atoms with Gasteiger partial charge in [-0.05, 0) is 13.3 Å². The molecule has 1 aliphatic heterocycles. The number of carbonyl (C=O) groups excluding carboxylic acids is 1.